The van der Waals surface area contributed by atoms with Gasteiger partial charge in [0.15, 0.2) is 0 Å². The second kappa shape index (κ2) is 8.31. The summed E-state index contributed by atoms with van der Waals surface area (Å²) in [6, 6.07) is 6.32. The van der Waals surface area contributed by atoms with Gasteiger partial charge in [-0.05, 0) is 38.5 Å². The molecular weight excluding hydrogens is 354 g/mol. The van der Waals surface area contributed by atoms with Gasteiger partial charge >= 0.3 is 0 Å². The van der Waals surface area contributed by atoms with Crippen LogP contribution in [0.2, 0.25) is 0 Å². The minimum Gasteiger partial charge on any atom is -0.474 e. The molecule has 0 saturated carbocycles. The molecule has 0 aliphatic carbocycles. The van der Waals surface area contributed by atoms with Crippen LogP contribution in [0.4, 0.5) is 5.69 Å². The topological polar surface area (TPSA) is 61.8 Å². The van der Waals surface area contributed by atoms with E-state index >= 15 is 0 Å². The Morgan fingerprint density at radius 3 is 2.61 bits per heavy atom. The van der Waals surface area contributed by atoms with Gasteiger partial charge in [-0.1, -0.05) is 0 Å². The minimum atomic E-state index is 0.0767. The van der Waals surface area contributed by atoms with Crippen molar-refractivity contribution in [2.24, 2.45) is 0 Å². The lowest BCUT2D eigenvalue weighted by atomic mass is 10.2. The fourth-order valence-electron chi connectivity index (χ4n) is 3.97. The Labute approximate surface area is 166 Å². The number of amides is 1. The van der Waals surface area contributed by atoms with E-state index in [0.717, 1.165) is 69.6 Å². The Hall–Kier alpha value is -2.41. The summed E-state index contributed by atoms with van der Waals surface area (Å²) >= 11 is 0. The third-order valence-electron chi connectivity index (χ3n) is 5.52. The van der Waals surface area contributed by atoms with Crippen LogP contribution in [0.15, 0.2) is 24.5 Å². The number of hydrogen-bond acceptors (Lipinski definition) is 6. The standard InChI is InChI=1S/C21H29N5O2/c1-16(2)28-21-18-14-17(5-6-19(18)22-15-23-21)25-11-8-24(9-12-25)10-13-26-7-3-4-20(26)27/h5-6,14-16H,3-4,7-13H2,1-2H3. The van der Waals surface area contributed by atoms with E-state index in [2.05, 4.69) is 31.9 Å². The maximum absolute atomic E-state index is 11.8. The molecule has 1 aromatic heterocycles. The quantitative estimate of drug-likeness (QED) is 0.762. The number of aromatic nitrogens is 2. The summed E-state index contributed by atoms with van der Waals surface area (Å²) in [5.74, 6) is 0.965. The molecule has 4 rings (SSSR count). The van der Waals surface area contributed by atoms with Gasteiger partial charge < -0.3 is 14.5 Å². The number of carbonyl (C=O) groups excluding carboxylic acids is 1. The molecule has 0 bridgehead atoms. The summed E-state index contributed by atoms with van der Waals surface area (Å²) in [6.45, 7) is 10.8. The fourth-order valence-corrected chi connectivity index (χ4v) is 3.97. The van der Waals surface area contributed by atoms with Gasteiger partial charge in [-0.3, -0.25) is 9.69 Å². The monoisotopic (exact) mass is 383 g/mol. The molecule has 0 spiro atoms. The molecule has 2 aliphatic heterocycles. The van der Waals surface area contributed by atoms with E-state index in [1.807, 2.05) is 24.8 Å². The highest BCUT2D eigenvalue weighted by molar-refractivity contribution is 5.86. The smallest absolute Gasteiger partial charge is 0.224 e. The average molecular weight is 383 g/mol. The second-order valence-electron chi connectivity index (χ2n) is 7.86. The summed E-state index contributed by atoms with van der Waals surface area (Å²) in [5.41, 5.74) is 2.09. The summed E-state index contributed by atoms with van der Waals surface area (Å²) in [6.07, 6.45) is 3.37. The first-order valence-corrected chi connectivity index (χ1v) is 10.3. The van der Waals surface area contributed by atoms with Crippen molar-refractivity contribution in [2.75, 3.05) is 50.7 Å². The Morgan fingerprint density at radius 2 is 1.89 bits per heavy atom. The Morgan fingerprint density at radius 1 is 1.07 bits per heavy atom. The molecular formula is C21H29N5O2. The van der Waals surface area contributed by atoms with Crippen molar-refractivity contribution in [1.82, 2.24) is 19.8 Å². The molecule has 1 amide bonds. The minimum absolute atomic E-state index is 0.0767. The van der Waals surface area contributed by atoms with Crippen molar-refractivity contribution in [3.8, 4) is 5.88 Å². The Balaban J connectivity index is 1.38. The number of hydrogen-bond donors (Lipinski definition) is 0. The molecule has 3 heterocycles. The highest BCUT2D eigenvalue weighted by atomic mass is 16.5. The highest BCUT2D eigenvalue weighted by Crippen LogP contribution is 2.28. The van der Waals surface area contributed by atoms with E-state index in [4.69, 9.17) is 4.74 Å². The van der Waals surface area contributed by atoms with Crippen LogP contribution in [-0.4, -0.2) is 77.6 Å². The van der Waals surface area contributed by atoms with Gasteiger partial charge in [-0.15, -0.1) is 0 Å². The van der Waals surface area contributed by atoms with E-state index in [-0.39, 0.29) is 6.10 Å². The van der Waals surface area contributed by atoms with E-state index in [9.17, 15) is 4.79 Å². The van der Waals surface area contributed by atoms with Crippen LogP contribution in [0.3, 0.4) is 0 Å². The first-order valence-electron chi connectivity index (χ1n) is 10.3. The van der Waals surface area contributed by atoms with E-state index in [1.165, 1.54) is 5.69 Å². The number of nitrogens with zero attached hydrogens (tertiary/aromatic N) is 5. The summed E-state index contributed by atoms with van der Waals surface area (Å²) in [4.78, 5) is 27.3. The normalized spacial score (nSPS) is 18.5. The highest BCUT2D eigenvalue weighted by Gasteiger charge is 2.22. The summed E-state index contributed by atoms with van der Waals surface area (Å²) in [5, 5.41) is 0.962. The van der Waals surface area contributed by atoms with Crippen LogP contribution in [0.1, 0.15) is 26.7 Å². The van der Waals surface area contributed by atoms with Crippen molar-refractivity contribution in [3.63, 3.8) is 0 Å². The maximum atomic E-state index is 11.8. The van der Waals surface area contributed by atoms with Crippen molar-refractivity contribution in [1.29, 1.82) is 0 Å². The summed E-state index contributed by atoms with van der Waals surface area (Å²) in [7, 11) is 0. The van der Waals surface area contributed by atoms with Crippen molar-refractivity contribution < 1.29 is 9.53 Å². The molecule has 2 saturated heterocycles. The summed E-state index contributed by atoms with van der Waals surface area (Å²) < 4.78 is 5.87. The zero-order valence-electron chi connectivity index (χ0n) is 16.8. The number of fused-ring (bicyclic) bond motifs is 1. The first kappa shape index (κ1) is 18.9. The third kappa shape index (κ3) is 4.19. The molecule has 28 heavy (non-hydrogen) atoms. The van der Waals surface area contributed by atoms with Crippen LogP contribution >= 0.6 is 0 Å². The van der Waals surface area contributed by atoms with Gasteiger partial charge in [-0.2, -0.15) is 0 Å². The van der Waals surface area contributed by atoms with Gasteiger partial charge in [0.1, 0.15) is 6.33 Å². The lowest BCUT2D eigenvalue weighted by Crippen LogP contribution is -2.48. The first-order chi connectivity index (χ1) is 13.6. The third-order valence-corrected chi connectivity index (χ3v) is 5.52. The number of rotatable bonds is 6. The zero-order chi connectivity index (χ0) is 19.5. The van der Waals surface area contributed by atoms with Crippen LogP contribution in [0.5, 0.6) is 5.88 Å². The lowest BCUT2D eigenvalue weighted by molar-refractivity contribution is -0.127. The molecule has 150 valence electrons. The predicted molar refractivity (Wildman–Crippen MR) is 110 cm³/mol. The van der Waals surface area contributed by atoms with Crippen LogP contribution in [0, 0.1) is 0 Å². The van der Waals surface area contributed by atoms with Crippen LogP contribution < -0.4 is 9.64 Å². The van der Waals surface area contributed by atoms with Crippen molar-refractivity contribution in [3.05, 3.63) is 24.5 Å². The molecule has 0 unspecified atom stereocenters. The van der Waals surface area contributed by atoms with Gasteiger partial charge in [0, 0.05) is 57.9 Å². The van der Waals surface area contributed by atoms with E-state index < -0.39 is 0 Å². The number of benzene rings is 1. The molecule has 7 nitrogen and oxygen atoms in total. The Bertz CT molecular complexity index is 833. The average Bonchev–Trinajstić information content (AvgIpc) is 3.11. The lowest BCUT2D eigenvalue weighted by Gasteiger charge is -2.36. The van der Waals surface area contributed by atoms with Gasteiger partial charge in [0.25, 0.3) is 0 Å². The zero-order valence-corrected chi connectivity index (χ0v) is 16.8. The van der Waals surface area contributed by atoms with Gasteiger partial charge in [-0.25, -0.2) is 9.97 Å². The number of carbonyl (C=O) groups is 1. The Kier molecular flexibility index (Phi) is 5.62. The number of piperazine rings is 1. The molecule has 2 fully saturated rings. The van der Waals surface area contributed by atoms with E-state index in [1.54, 1.807) is 6.33 Å². The number of likely N-dealkylation sites (tertiary alicyclic amines) is 1. The second-order valence-corrected chi connectivity index (χ2v) is 7.86. The number of anilines is 1. The van der Waals surface area contributed by atoms with Crippen molar-refractivity contribution in [2.45, 2.75) is 32.8 Å². The molecule has 1 aromatic carbocycles. The van der Waals surface area contributed by atoms with Crippen molar-refractivity contribution >= 4 is 22.5 Å². The maximum Gasteiger partial charge on any atom is 0.224 e. The molecule has 0 radical (unpaired) electrons. The SMILES string of the molecule is CC(C)Oc1ncnc2ccc(N3CCN(CCN4CCCC4=O)CC3)cc12. The number of ether oxygens (including phenoxy) is 1. The molecule has 0 atom stereocenters. The van der Waals surface area contributed by atoms with Crippen LogP contribution in [-0.2, 0) is 4.79 Å². The molecule has 2 aromatic rings. The van der Waals surface area contributed by atoms with Gasteiger partial charge in [0.05, 0.1) is 17.0 Å². The molecule has 7 heteroatoms. The molecule has 2 aliphatic rings. The fraction of sp³-hybridized carbons (Fsp3) is 0.571. The van der Waals surface area contributed by atoms with Gasteiger partial charge in [0.2, 0.25) is 11.8 Å². The largest absolute Gasteiger partial charge is 0.474 e. The predicted octanol–water partition coefficient (Wildman–Crippen LogP) is 2.16. The molecule has 0 N–H and O–H groups in total. The van der Waals surface area contributed by atoms with E-state index in [0.29, 0.717) is 11.8 Å². The van der Waals surface area contributed by atoms with Crippen LogP contribution in [0.25, 0.3) is 10.9 Å².